The molecule has 0 bridgehead atoms. The molecule has 0 aliphatic rings. The van der Waals surface area contributed by atoms with E-state index in [9.17, 15) is 18.0 Å². The van der Waals surface area contributed by atoms with Gasteiger partial charge in [-0.3, -0.25) is 13.9 Å². The summed E-state index contributed by atoms with van der Waals surface area (Å²) in [7, 11) is -3.81. The van der Waals surface area contributed by atoms with E-state index >= 15 is 0 Å². The SMILES string of the molecule is CC[C@H](C(=O)N[C@@H](C)CC)N(Cc1ccc(Cl)cc1)C(=O)CN(c1ccc(Cl)cc1C)S(C)(=O)=O. The number of aryl methyl sites for hydroxylation is 1. The van der Waals surface area contributed by atoms with Crippen LogP contribution in [0.25, 0.3) is 0 Å². The van der Waals surface area contributed by atoms with E-state index in [-0.39, 0.29) is 18.5 Å². The number of nitrogens with zero attached hydrogens (tertiary/aromatic N) is 2. The maximum atomic E-state index is 13.7. The molecule has 2 rings (SSSR count). The van der Waals surface area contributed by atoms with Gasteiger partial charge in [-0.05, 0) is 68.1 Å². The summed E-state index contributed by atoms with van der Waals surface area (Å²) in [5.41, 5.74) is 1.74. The fourth-order valence-corrected chi connectivity index (χ4v) is 4.90. The first-order valence-electron chi connectivity index (χ1n) is 11.5. The average molecular weight is 543 g/mol. The van der Waals surface area contributed by atoms with Crippen LogP contribution in [0, 0.1) is 6.92 Å². The van der Waals surface area contributed by atoms with Crippen LogP contribution in [0.2, 0.25) is 10.0 Å². The van der Waals surface area contributed by atoms with Gasteiger partial charge in [0.1, 0.15) is 12.6 Å². The van der Waals surface area contributed by atoms with Crippen molar-refractivity contribution in [2.45, 2.75) is 59.2 Å². The van der Waals surface area contributed by atoms with Crippen molar-refractivity contribution in [3.63, 3.8) is 0 Å². The van der Waals surface area contributed by atoms with Crippen LogP contribution in [-0.4, -0.2) is 50.0 Å². The van der Waals surface area contributed by atoms with E-state index < -0.39 is 28.5 Å². The topological polar surface area (TPSA) is 86.8 Å². The number of amides is 2. The van der Waals surface area contributed by atoms with E-state index in [0.717, 1.165) is 22.5 Å². The van der Waals surface area contributed by atoms with Crippen molar-refractivity contribution in [3.05, 3.63) is 63.6 Å². The molecule has 0 spiro atoms. The van der Waals surface area contributed by atoms with Crippen LogP contribution in [0.4, 0.5) is 5.69 Å². The fraction of sp³-hybridized carbons (Fsp3) is 0.440. The van der Waals surface area contributed by atoms with Crippen molar-refractivity contribution in [2.75, 3.05) is 17.1 Å². The molecule has 0 saturated heterocycles. The molecule has 0 aromatic heterocycles. The number of nitrogens with one attached hydrogen (secondary N) is 1. The molecule has 2 atom stereocenters. The minimum Gasteiger partial charge on any atom is -0.352 e. The summed E-state index contributed by atoms with van der Waals surface area (Å²) in [4.78, 5) is 28.2. The zero-order valence-electron chi connectivity index (χ0n) is 20.7. The Hall–Kier alpha value is -2.29. The number of halogens is 2. The lowest BCUT2D eigenvalue weighted by Crippen LogP contribution is -2.53. The molecular formula is C25H33Cl2N3O4S. The molecule has 0 radical (unpaired) electrons. The van der Waals surface area contributed by atoms with Crippen molar-refractivity contribution < 1.29 is 18.0 Å². The summed E-state index contributed by atoms with van der Waals surface area (Å²) < 4.78 is 26.5. The minimum atomic E-state index is -3.81. The van der Waals surface area contributed by atoms with Crippen LogP contribution in [0.3, 0.4) is 0 Å². The normalized spacial score (nSPS) is 13.1. The van der Waals surface area contributed by atoms with Gasteiger partial charge in [-0.15, -0.1) is 0 Å². The molecular weight excluding hydrogens is 509 g/mol. The van der Waals surface area contributed by atoms with Gasteiger partial charge in [-0.1, -0.05) is 49.2 Å². The third-order valence-corrected chi connectivity index (χ3v) is 7.37. The van der Waals surface area contributed by atoms with Gasteiger partial charge in [0.15, 0.2) is 0 Å². The molecule has 2 aromatic carbocycles. The number of anilines is 1. The Morgan fingerprint density at radius 3 is 2.11 bits per heavy atom. The van der Waals surface area contributed by atoms with Crippen LogP contribution in [-0.2, 0) is 26.2 Å². The van der Waals surface area contributed by atoms with E-state index in [4.69, 9.17) is 23.2 Å². The standard InChI is InChI=1S/C25H33Cl2N3O4S/c1-6-18(4)28-25(32)22(7-2)29(15-19-8-10-20(26)11-9-19)24(31)16-30(35(5,33)34)23-13-12-21(27)14-17(23)3/h8-14,18,22H,6-7,15-16H2,1-5H3,(H,28,32)/t18-,22+/m0/s1. The largest absolute Gasteiger partial charge is 0.352 e. The molecule has 0 unspecified atom stereocenters. The third kappa shape index (κ3) is 8.12. The van der Waals surface area contributed by atoms with Crippen LogP contribution in [0.1, 0.15) is 44.7 Å². The summed E-state index contributed by atoms with van der Waals surface area (Å²) in [6, 6.07) is 10.9. The van der Waals surface area contributed by atoms with Gasteiger partial charge in [-0.2, -0.15) is 0 Å². The molecule has 0 aliphatic heterocycles. The molecule has 0 fully saturated rings. The lowest BCUT2D eigenvalue weighted by atomic mass is 10.1. The maximum Gasteiger partial charge on any atom is 0.244 e. The van der Waals surface area contributed by atoms with E-state index in [0.29, 0.717) is 27.7 Å². The maximum absolute atomic E-state index is 13.7. The quantitative estimate of drug-likeness (QED) is 0.443. The Balaban J connectivity index is 2.46. The Kier molecular flexibility index (Phi) is 10.4. The smallest absolute Gasteiger partial charge is 0.244 e. The lowest BCUT2D eigenvalue weighted by Gasteiger charge is -2.33. The zero-order chi connectivity index (χ0) is 26.3. The van der Waals surface area contributed by atoms with Crippen LogP contribution in [0.15, 0.2) is 42.5 Å². The summed E-state index contributed by atoms with van der Waals surface area (Å²) in [5, 5.41) is 3.95. The molecule has 2 amide bonds. The van der Waals surface area contributed by atoms with Crippen molar-refractivity contribution in [1.82, 2.24) is 10.2 Å². The van der Waals surface area contributed by atoms with E-state index in [1.807, 2.05) is 20.8 Å². The van der Waals surface area contributed by atoms with Crippen LogP contribution in [0.5, 0.6) is 0 Å². The van der Waals surface area contributed by atoms with E-state index in [2.05, 4.69) is 5.32 Å². The highest BCUT2D eigenvalue weighted by Gasteiger charge is 2.32. The highest BCUT2D eigenvalue weighted by Crippen LogP contribution is 2.26. The average Bonchev–Trinajstić information content (AvgIpc) is 2.78. The number of benzene rings is 2. The Bertz CT molecular complexity index is 1140. The highest BCUT2D eigenvalue weighted by atomic mass is 35.5. The molecule has 0 heterocycles. The second kappa shape index (κ2) is 12.6. The van der Waals surface area contributed by atoms with Gasteiger partial charge >= 0.3 is 0 Å². The molecule has 35 heavy (non-hydrogen) atoms. The summed E-state index contributed by atoms with van der Waals surface area (Å²) in [6.07, 6.45) is 2.15. The monoisotopic (exact) mass is 541 g/mol. The molecule has 10 heteroatoms. The van der Waals surface area contributed by atoms with Gasteiger partial charge in [0, 0.05) is 22.6 Å². The Labute approximate surface area is 218 Å². The molecule has 0 saturated carbocycles. The zero-order valence-corrected chi connectivity index (χ0v) is 23.0. The summed E-state index contributed by atoms with van der Waals surface area (Å²) >= 11 is 12.1. The number of hydrogen-bond acceptors (Lipinski definition) is 4. The van der Waals surface area contributed by atoms with Gasteiger partial charge in [0.2, 0.25) is 21.8 Å². The second-order valence-corrected chi connectivity index (χ2v) is 11.4. The first-order chi connectivity index (χ1) is 16.4. The minimum absolute atomic E-state index is 0.0618. The number of rotatable bonds is 11. The van der Waals surface area contributed by atoms with Crippen molar-refractivity contribution in [3.8, 4) is 0 Å². The lowest BCUT2D eigenvalue weighted by molar-refractivity contribution is -0.140. The molecule has 7 nitrogen and oxygen atoms in total. The second-order valence-electron chi connectivity index (χ2n) is 8.59. The first kappa shape index (κ1) is 28.9. The number of carbonyl (C=O) groups is 2. The number of sulfonamides is 1. The third-order valence-electron chi connectivity index (χ3n) is 5.76. The van der Waals surface area contributed by atoms with Crippen molar-refractivity contribution in [1.29, 1.82) is 0 Å². The van der Waals surface area contributed by atoms with Gasteiger partial charge in [-0.25, -0.2) is 8.42 Å². The van der Waals surface area contributed by atoms with E-state index in [1.54, 1.807) is 49.4 Å². The van der Waals surface area contributed by atoms with Gasteiger partial charge < -0.3 is 10.2 Å². The highest BCUT2D eigenvalue weighted by molar-refractivity contribution is 7.92. The van der Waals surface area contributed by atoms with Crippen LogP contribution >= 0.6 is 23.2 Å². The van der Waals surface area contributed by atoms with E-state index in [1.165, 1.54) is 4.90 Å². The summed E-state index contributed by atoms with van der Waals surface area (Å²) in [6.45, 7) is 7.07. The predicted molar refractivity (Wildman–Crippen MR) is 142 cm³/mol. The van der Waals surface area contributed by atoms with Crippen molar-refractivity contribution >= 4 is 50.7 Å². The number of hydrogen-bond donors (Lipinski definition) is 1. The predicted octanol–water partition coefficient (Wildman–Crippen LogP) is 4.79. The van der Waals surface area contributed by atoms with Crippen LogP contribution < -0.4 is 9.62 Å². The fourth-order valence-electron chi connectivity index (χ4n) is 3.64. The molecule has 192 valence electrons. The summed E-state index contributed by atoms with van der Waals surface area (Å²) in [5.74, 6) is -0.774. The molecule has 1 N–H and O–H groups in total. The van der Waals surface area contributed by atoms with Gasteiger partial charge in [0.05, 0.1) is 11.9 Å². The Morgan fingerprint density at radius 2 is 1.60 bits per heavy atom. The number of carbonyl (C=O) groups excluding carboxylic acids is 2. The Morgan fingerprint density at radius 1 is 1.00 bits per heavy atom. The van der Waals surface area contributed by atoms with Gasteiger partial charge in [0.25, 0.3) is 0 Å². The molecule has 2 aromatic rings. The molecule has 0 aliphatic carbocycles. The van der Waals surface area contributed by atoms with Crippen molar-refractivity contribution in [2.24, 2.45) is 0 Å². The first-order valence-corrected chi connectivity index (χ1v) is 14.1.